The molecule has 1 unspecified atom stereocenters. The van der Waals surface area contributed by atoms with E-state index in [9.17, 15) is 4.79 Å². The molecule has 27 heavy (non-hydrogen) atoms. The summed E-state index contributed by atoms with van der Waals surface area (Å²) in [4.78, 5) is 22.7. The molecule has 6 nitrogen and oxygen atoms in total. The van der Waals surface area contributed by atoms with Crippen molar-refractivity contribution in [3.8, 4) is 0 Å². The van der Waals surface area contributed by atoms with Gasteiger partial charge in [0, 0.05) is 23.5 Å². The van der Waals surface area contributed by atoms with E-state index in [1.807, 2.05) is 18.2 Å². The molecule has 1 N–H and O–H groups in total. The first-order chi connectivity index (χ1) is 13.2. The maximum Gasteiger partial charge on any atom is 0.337 e. The largest absolute Gasteiger partial charge is 0.465 e. The molecule has 2 aromatic carbocycles. The number of esters is 1. The minimum atomic E-state index is -0.371. The van der Waals surface area contributed by atoms with E-state index in [2.05, 4.69) is 45.3 Å². The predicted molar refractivity (Wildman–Crippen MR) is 105 cm³/mol. The summed E-state index contributed by atoms with van der Waals surface area (Å²) in [5.74, 6) is 1.14. The van der Waals surface area contributed by atoms with Crippen molar-refractivity contribution in [2.75, 3.05) is 17.3 Å². The third kappa shape index (κ3) is 3.33. The number of aromatic nitrogens is 2. The molecule has 0 radical (unpaired) electrons. The standard InChI is InChI=1S/C21H20N4O2/c1-14-10-15-6-3-4-9-18(15)25(14)20-12-19(22-13-23-20)24-17-8-5-7-16(11-17)21(26)27-2/h3-9,11-14H,10H2,1-2H3,(H,22,23,24). The number of nitrogens with zero attached hydrogens (tertiary/aromatic N) is 3. The first kappa shape index (κ1) is 17.0. The first-order valence-corrected chi connectivity index (χ1v) is 8.80. The van der Waals surface area contributed by atoms with E-state index in [0.29, 0.717) is 17.4 Å². The molecule has 0 spiro atoms. The van der Waals surface area contributed by atoms with Gasteiger partial charge in [0.15, 0.2) is 0 Å². The Labute approximate surface area is 157 Å². The van der Waals surface area contributed by atoms with Gasteiger partial charge in [-0.05, 0) is 43.2 Å². The molecule has 0 saturated carbocycles. The summed E-state index contributed by atoms with van der Waals surface area (Å²) in [6.07, 6.45) is 2.54. The fraction of sp³-hybridized carbons (Fsp3) is 0.190. The van der Waals surface area contributed by atoms with Gasteiger partial charge < -0.3 is 15.0 Å². The highest BCUT2D eigenvalue weighted by Gasteiger charge is 2.27. The number of fused-ring (bicyclic) bond motifs is 1. The zero-order valence-corrected chi connectivity index (χ0v) is 15.2. The Morgan fingerprint density at radius 1 is 1.15 bits per heavy atom. The van der Waals surface area contributed by atoms with Gasteiger partial charge in [0.1, 0.15) is 18.0 Å². The molecule has 0 bridgehead atoms. The third-order valence-corrected chi connectivity index (χ3v) is 4.66. The molecule has 3 aromatic rings. The average molecular weight is 360 g/mol. The summed E-state index contributed by atoms with van der Waals surface area (Å²) >= 11 is 0. The number of carbonyl (C=O) groups excluding carboxylic acids is 1. The number of hydrogen-bond donors (Lipinski definition) is 1. The quantitative estimate of drug-likeness (QED) is 0.707. The summed E-state index contributed by atoms with van der Waals surface area (Å²) in [7, 11) is 1.37. The maximum atomic E-state index is 11.7. The van der Waals surface area contributed by atoms with Crippen LogP contribution in [0.3, 0.4) is 0 Å². The minimum Gasteiger partial charge on any atom is -0.465 e. The molecule has 1 aliphatic rings. The van der Waals surface area contributed by atoms with Crippen LogP contribution in [0.15, 0.2) is 60.9 Å². The maximum absolute atomic E-state index is 11.7. The van der Waals surface area contributed by atoms with Gasteiger partial charge in [0.25, 0.3) is 0 Å². The van der Waals surface area contributed by atoms with Gasteiger partial charge in [-0.2, -0.15) is 0 Å². The van der Waals surface area contributed by atoms with Gasteiger partial charge in [0.05, 0.1) is 12.7 Å². The number of nitrogens with one attached hydrogen (secondary N) is 1. The van der Waals surface area contributed by atoms with Crippen LogP contribution in [0, 0.1) is 0 Å². The van der Waals surface area contributed by atoms with Crippen LogP contribution in [0.5, 0.6) is 0 Å². The average Bonchev–Trinajstić information content (AvgIpc) is 3.03. The molecule has 1 atom stereocenters. The Balaban J connectivity index is 1.62. The van der Waals surface area contributed by atoms with Crippen molar-refractivity contribution in [1.29, 1.82) is 0 Å². The van der Waals surface area contributed by atoms with Crippen molar-refractivity contribution >= 4 is 29.0 Å². The molecule has 0 saturated heterocycles. The van der Waals surface area contributed by atoms with Crippen molar-refractivity contribution in [2.24, 2.45) is 0 Å². The van der Waals surface area contributed by atoms with Gasteiger partial charge in [-0.1, -0.05) is 24.3 Å². The number of hydrogen-bond acceptors (Lipinski definition) is 6. The lowest BCUT2D eigenvalue weighted by atomic mass is 10.1. The molecule has 6 heteroatoms. The topological polar surface area (TPSA) is 67.3 Å². The van der Waals surface area contributed by atoms with Crippen molar-refractivity contribution in [2.45, 2.75) is 19.4 Å². The van der Waals surface area contributed by atoms with E-state index in [4.69, 9.17) is 4.74 Å². The van der Waals surface area contributed by atoms with Crippen molar-refractivity contribution < 1.29 is 9.53 Å². The van der Waals surface area contributed by atoms with Crippen LogP contribution < -0.4 is 10.2 Å². The number of benzene rings is 2. The number of methoxy groups -OCH3 is 1. The summed E-state index contributed by atoms with van der Waals surface area (Å²) < 4.78 is 4.77. The highest BCUT2D eigenvalue weighted by molar-refractivity contribution is 5.90. The third-order valence-electron chi connectivity index (χ3n) is 4.66. The molecule has 1 aromatic heterocycles. The molecular formula is C21H20N4O2. The van der Waals surface area contributed by atoms with Gasteiger partial charge >= 0.3 is 5.97 Å². The van der Waals surface area contributed by atoms with Crippen LogP contribution in [-0.2, 0) is 11.2 Å². The normalized spacial score (nSPS) is 15.3. The Morgan fingerprint density at radius 2 is 2.00 bits per heavy atom. The number of anilines is 4. The molecular weight excluding hydrogens is 340 g/mol. The van der Waals surface area contributed by atoms with Crippen LogP contribution in [0.2, 0.25) is 0 Å². The molecule has 0 fully saturated rings. The summed E-state index contributed by atoms with van der Waals surface area (Å²) in [6.45, 7) is 2.19. The smallest absolute Gasteiger partial charge is 0.337 e. The first-order valence-electron chi connectivity index (χ1n) is 8.80. The van der Waals surface area contributed by atoms with E-state index < -0.39 is 0 Å². The lowest BCUT2D eigenvalue weighted by Crippen LogP contribution is -2.24. The van der Waals surface area contributed by atoms with Crippen LogP contribution in [0.1, 0.15) is 22.8 Å². The van der Waals surface area contributed by atoms with E-state index in [1.54, 1.807) is 24.5 Å². The van der Waals surface area contributed by atoms with Crippen molar-refractivity contribution in [3.05, 3.63) is 72.1 Å². The Morgan fingerprint density at radius 3 is 2.85 bits per heavy atom. The molecule has 0 aliphatic carbocycles. The second-order valence-electron chi connectivity index (χ2n) is 6.51. The van der Waals surface area contributed by atoms with Crippen molar-refractivity contribution in [3.63, 3.8) is 0 Å². The Kier molecular flexibility index (Phi) is 4.46. The van der Waals surface area contributed by atoms with E-state index in [-0.39, 0.29) is 5.97 Å². The zero-order chi connectivity index (χ0) is 18.8. The highest BCUT2D eigenvalue weighted by atomic mass is 16.5. The number of ether oxygens (including phenoxy) is 1. The Hall–Kier alpha value is -3.41. The minimum absolute atomic E-state index is 0.327. The summed E-state index contributed by atoms with van der Waals surface area (Å²) in [6, 6.07) is 17.8. The zero-order valence-electron chi connectivity index (χ0n) is 15.2. The van der Waals surface area contributed by atoms with Gasteiger partial charge in [-0.3, -0.25) is 0 Å². The van der Waals surface area contributed by atoms with Crippen LogP contribution >= 0.6 is 0 Å². The fourth-order valence-electron chi connectivity index (χ4n) is 3.45. The predicted octanol–water partition coefficient (Wildman–Crippen LogP) is 4.09. The Bertz CT molecular complexity index is 989. The summed E-state index contributed by atoms with van der Waals surface area (Å²) in [5, 5.41) is 3.24. The molecule has 1 aliphatic heterocycles. The van der Waals surface area contributed by atoms with Crippen LogP contribution in [0.25, 0.3) is 0 Å². The van der Waals surface area contributed by atoms with Crippen LogP contribution in [0.4, 0.5) is 23.0 Å². The fourth-order valence-corrected chi connectivity index (χ4v) is 3.45. The second kappa shape index (κ2) is 7.07. The van der Waals surface area contributed by atoms with E-state index in [0.717, 1.165) is 17.9 Å². The molecule has 0 amide bonds. The molecule has 4 rings (SSSR count). The van der Waals surface area contributed by atoms with Gasteiger partial charge in [-0.25, -0.2) is 14.8 Å². The SMILES string of the molecule is COC(=O)c1cccc(Nc2cc(N3c4ccccc4CC3C)ncn2)c1. The number of rotatable bonds is 4. The van der Waals surface area contributed by atoms with Gasteiger partial charge in [-0.15, -0.1) is 0 Å². The number of para-hydroxylation sites is 1. The van der Waals surface area contributed by atoms with Gasteiger partial charge in [0.2, 0.25) is 0 Å². The lowest BCUT2D eigenvalue weighted by Gasteiger charge is -2.24. The second-order valence-corrected chi connectivity index (χ2v) is 6.51. The number of carbonyl (C=O) groups is 1. The summed E-state index contributed by atoms with van der Waals surface area (Å²) in [5.41, 5.74) is 3.75. The van der Waals surface area contributed by atoms with E-state index in [1.165, 1.54) is 18.4 Å². The lowest BCUT2D eigenvalue weighted by molar-refractivity contribution is 0.0601. The van der Waals surface area contributed by atoms with Crippen molar-refractivity contribution in [1.82, 2.24) is 9.97 Å². The van der Waals surface area contributed by atoms with Crippen LogP contribution in [-0.4, -0.2) is 29.1 Å². The molecule has 2 heterocycles. The van der Waals surface area contributed by atoms with E-state index >= 15 is 0 Å². The monoisotopic (exact) mass is 360 g/mol. The molecule has 136 valence electrons. The highest BCUT2D eigenvalue weighted by Crippen LogP contribution is 2.37.